The van der Waals surface area contributed by atoms with E-state index in [1.54, 1.807) is 0 Å². The van der Waals surface area contributed by atoms with Crippen LogP contribution in [-0.2, 0) is 4.79 Å². The fraction of sp³-hybridized carbons (Fsp3) is 0.417. The molecule has 1 atom stereocenters. The Morgan fingerprint density at radius 1 is 1.50 bits per heavy atom. The lowest BCUT2D eigenvalue weighted by atomic mass is 10.2. The number of hydrogen-bond donors (Lipinski definition) is 2. The maximum Gasteiger partial charge on any atom is 0.338 e. The Morgan fingerprint density at radius 3 is 2.72 bits per heavy atom. The van der Waals surface area contributed by atoms with E-state index in [4.69, 9.17) is 16.7 Å². The van der Waals surface area contributed by atoms with Crippen molar-refractivity contribution in [3.05, 3.63) is 22.8 Å². The molecule has 1 spiro atoms. The molecule has 0 saturated heterocycles. The monoisotopic (exact) mass is 266 g/mol. The molecule has 1 unspecified atom stereocenters. The van der Waals surface area contributed by atoms with Crippen LogP contribution >= 0.6 is 11.6 Å². The first-order valence-electron chi connectivity index (χ1n) is 5.71. The third kappa shape index (κ3) is 1.84. The summed E-state index contributed by atoms with van der Waals surface area (Å²) in [6.45, 7) is 0. The van der Waals surface area contributed by atoms with Gasteiger partial charge < -0.3 is 10.4 Å². The highest BCUT2D eigenvalue weighted by Gasteiger charge is 2.65. The van der Waals surface area contributed by atoms with Gasteiger partial charge in [-0.05, 0) is 24.7 Å². The molecular formula is C12H11ClN2O3. The van der Waals surface area contributed by atoms with E-state index in [2.05, 4.69) is 10.3 Å². The van der Waals surface area contributed by atoms with E-state index in [0.29, 0.717) is 5.82 Å². The first kappa shape index (κ1) is 11.5. The van der Waals surface area contributed by atoms with E-state index in [9.17, 15) is 9.59 Å². The molecule has 6 heteroatoms. The number of rotatable bonds is 3. The molecule has 0 bridgehead atoms. The van der Waals surface area contributed by atoms with Gasteiger partial charge in [0.05, 0.1) is 10.6 Å². The van der Waals surface area contributed by atoms with Crippen molar-refractivity contribution < 1.29 is 14.7 Å². The lowest BCUT2D eigenvalue weighted by Gasteiger charge is -2.05. The Bertz CT molecular complexity index is 554. The molecule has 94 valence electrons. The predicted molar refractivity (Wildman–Crippen MR) is 64.6 cm³/mol. The van der Waals surface area contributed by atoms with Gasteiger partial charge in [0, 0.05) is 18.2 Å². The minimum atomic E-state index is -1.13. The van der Waals surface area contributed by atoms with Crippen LogP contribution in [-0.4, -0.2) is 22.0 Å². The van der Waals surface area contributed by atoms with Crippen LogP contribution in [0.3, 0.4) is 0 Å². The summed E-state index contributed by atoms with van der Waals surface area (Å²) in [5.74, 6) is -0.779. The van der Waals surface area contributed by atoms with Crippen LogP contribution < -0.4 is 5.32 Å². The molecular weight excluding hydrogens is 256 g/mol. The molecule has 2 saturated carbocycles. The van der Waals surface area contributed by atoms with Gasteiger partial charge in [0.2, 0.25) is 5.91 Å². The summed E-state index contributed by atoms with van der Waals surface area (Å²) in [6.07, 6.45) is 4.38. The highest BCUT2D eigenvalue weighted by molar-refractivity contribution is 6.33. The summed E-state index contributed by atoms with van der Waals surface area (Å²) in [4.78, 5) is 26.5. The number of anilines is 1. The predicted octanol–water partition coefficient (Wildman–Crippen LogP) is 2.17. The standard InChI is InChI=1S/C12H11ClN2O3/c13-8-3-9(14-5-6(8)11(17)18)15-10(16)7-4-12(7)1-2-12/h3,5,7H,1-2,4H2,(H,17,18)(H,14,15,16). The van der Waals surface area contributed by atoms with Gasteiger partial charge in [0.1, 0.15) is 5.82 Å². The number of carbonyl (C=O) groups excluding carboxylic acids is 1. The van der Waals surface area contributed by atoms with Crippen LogP contribution in [0.4, 0.5) is 5.82 Å². The molecule has 1 aromatic heterocycles. The molecule has 1 aromatic rings. The number of amides is 1. The second kappa shape index (κ2) is 3.68. The Kier molecular flexibility index (Phi) is 2.35. The molecule has 0 aromatic carbocycles. The number of nitrogens with zero attached hydrogens (tertiary/aromatic N) is 1. The minimum absolute atomic E-state index is 0.0425. The minimum Gasteiger partial charge on any atom is -0.478 e. The van der Waals surface area contributed by atoms with Gasteiger partial charge in [-0.15, -0.1) is 0 Å². The van der Waals surface area contributed by atoms with Gasteiger partial charge in [0.15, 0.2) is 0 Å². The van der Waals surface area contributed by atoms with Crippen LogP contribution in [0.25, 0.3) is 0 Å². The van der Waals surface area contributed by atoms with E-state index < -0.39 is 5.97 Å². The Labute approximate surface area is 108 Å². The molecule has 2 fully saturated rings. The van der Waals surface area contributed by atoms with E-state index in [0.717, 1.165) is 25.5 Å². The summed E-state index contributed by atoms with van der Waals surface area (Å²) in [5, 5.41) is 11.6. The third-order valence-electron chi connectivity index (χ3n) is 3.73. The van der Waals surface area contributed by atoms with Crippen molar-refractivity contribution in [1.29, 1.82) is 0 Å². The van der Waals surface area contributed by atoms with Gasteiger partial charge in [-0.25, -0.2) is 9.78 Å². The molecule has 2 aliphatic rings. The van der Waals surface area contributed by atoms with Crippen molar-refractivity contribution in [2.45, 2.75) is 19.3 Å². The maximum absolute atomic E-state index is 11.8. The lowest BCUT2D eigenvalue weighted by molar-refractivity contribution is -0.117. The zero-order valence-corrected chi connectivity index (χ0v) is 10.2. The van der Waals surface area contributed by atoms with E-state index >= 15 is 0 Å². The van der Waals surface area contributed by atoms with Crippen molar-refractivity contribution >= 4 is 29.3 Å². The Morgan fingerprint density at radius 2 is 2.22 bits per heavy atom. The summed E-state index contributed by atoms with van der Waals surface area (Å²) in [5.41, 5.74) is 0.217. The second-order valence-electron chi connectivity index (χ2n) is 4.96. The van der Waals surface area contributed by atoms with Crippen molar-refractivity contribution in [2.75, 3.05) is 5.32 Å². The number of carboxylic acids is 1. The number of hydrogen-bond acceptors (Lipinski definition) is 3. The van der Waals surface area contributed by atoms with Crippen LogP contribution in [0.1, 0.15) is 29.6 Å². The molecule has 5 nitrogen and oxygen atoms in total. The van der Waals surface area contributed by atoms with Crippen molar-refractivity contribution in [2.24, 2.45) is 11.3 Å². The molecule has 3 rings (SSSR count). The highest BCUT2D eigenvalue weighted by atomic mass is 35.5. The van der Waals surface area contributed by atoms with E-state index in [-0.39, 0.29) is 27.8 Å². The average molecular weight is 267 g/mol. The molecule has 1 amide bonds. The Hall–Kier alpha value is -1.62. The van der Waals surface area contributed by atoms with Crippen LogP contribution in [0, 0.1) is 11.3 Å². The summed E-state index contributed by atoms with van der Waals surface area (Å²) in [7, 11) is 0. The molecule has 18 heavy (non-hydrogen) atoms. The number of carboxylic acid groups (broad SMARTS) is 1. The highest BCUT2D eigenvalue weighted by Crippen LogP contribution is 2.70. The van der Waals surface area contributed by atoms with Crippen molar-refractivity contribution in [3.8, 4) is 0 Å². The van der Waals surface area contributed by atoms with Gasteiger partial charge in [-0.2, -0.15) is 0 Å². The smallest absolute Gasteiger partial charge is 0.338 e. The van der Waals surface area contributed by atoms with Crippen LogP contribution in [0.2, 0.25) is 5.02 Å². The zero-order valence-electron chi connectivity index (χ0n) is 9.44. The Balaban J connectivity index is 1.71. The number of aromatic nitrogens is 1. The number of aromatic carboxylic acids is 1. The van der Waals surface area contributed by atoms with Crippen molar-refractivity contribution in [1.82, 2.24) is 4.98 Å². The van der Waals surface area contributed by atoms with Gasteiger partial charge >= 0.3 is 5.97 Å². The topological polar surface area (TPSA) is 79.3 Å². The molecule has 1 heterocycles. The average Bonchev–Trinajstić information content (AvgIpc) is 3.19. The molecule has 0 radical (unpaired) electrons. The third-order valence-corrected chi connectivity index (χ3v) is 4.05. The number of pyridine rings is 1. The fourth-order valence-corrected chi connectivity index (χ4v) is 2.53. The lowest BCUT2D eigenvalue weighted by Crippen LogP contribution is -2.16. The normalized spacial score (nSPS) is 22.6. The van der Waals surface area contributed by atoms with Crippen LogP contribution in [0.5, 0.6) is 0 Å². The molecule has 2 N–H and O–H groups in total. The largest absolute Gasteiger partial charge is 0.478 e. The first-order chi connectivity index (χ1) is 8.52. The van der Waals surface area contributed by atoms with Gasteiger partial charge in [-0.1, -0.05) is 11.6 Å². The zero-order chi connectivity index (χ0) is 12.9. The van der Waals surface area contributed by atoms with Crippen molar-refractivity contribution in [3.63, 3.8) is 0 Å². The quantitative estimate of drug-likeness (QED) is 0.879. The maximum atomic E-state index is 11.8. The fourth-order valence-electron chi connectivity index (χ4n) is 2.30. The molecule has 2 aliphatic carbocycles. The van der Waals surface area contributed by atoms with Gasteiger partial charge in [0.25, 0.3) is 0 Å². The summed E-state index contributed by atoms with van der Waals surface area (Å²) in [6, 6.07) is 1.37. The second-order valence-corrected chi connectivity index (χ2v) is 5.37. The summed E-state index contributed by atoms with van der Waals surface area (Å²) >= 11 is 5.80. The van der Waals surface area contributed by atoms with Gasteiger partial charge in [-0.3, -0.25) is 4.79 Å². The molecule has 0 aliphatic heterocycles. The van der Waals surface area contributed by atoms with E-state index in [1.165, 1.54) is 6.07 Å². The van der Waals surface area contributed by atoms with E-state index in [1.807, 2.05) is 0 Å². The first-order valence-corrected chi connectivity index (χ1v) is 6.09. The number of halogens is 1. The summed E-state index contributed by atoms with van der Waals surface area (Å²) < 4.78 is 0. The number of carbonyl (C=O) groups is 2. The number of nitrogens with one attached hydrogen (secondary N) is 1. The van der Waals surface area contributed by atoms with Crippen LogP contribution in [0.15, 0.2) is 12.3 Å². The SMILES string of the molecule is O=C(O)c1cnc(NC(=O)C2CC23CC3)cc1Cl.